The molecule has 0 aromatic rings. The van der Waals surface area contributed by atoms with E-state index in [9.17, 15) is 61.0 Å². The van der Waals surface area contributed by atoms with Crippen LogP contribution in [0.1, 0.15) is 149 Å². The summed E-state index contributed by atoms with van der Waals surface area (Å²) in [5, 5.41) is 119. The van der Waals surface area contributed by atoms with Crippen LogP contribution >= 0.6 is 0 Å². The van der Waals surface area contributed by atoms with Gasteiger partial charge in [0, 0.05) is 6.42 Å². The molecular weight excluding hydrogens is 915 g/mol. The van der Waals surface area contributed by atoms with Crippen molar-refractivity contribution in [2.75, 3.05) is 26.4 Å². The van der Waals surface area contributed by atoms with Crippen molar-refractivity contribution in [2.24, 2.45) is 0 Å². The number of carbonyl (C=O) groups is 1. The Balaban J connectivity index is 1.56. The summed E-state index contributed by atoms with van der Waals surface area (Å²) in [7, 11) is 0. The van der Waals surface area contributed by atoms with Gasteiger partial charge < -0.3 is 89.9 Å². The zero-order valence-electron chi connectivity index (χ0n) is 41.7. The molecule has 19 heteroatoms. The zero-order chi connectivity index (χ0) is 51.3. The van der Waals surface area contributed by atoms with Gasteiger partial charge in [-0.25, -0.2) is 0 Å². The van der Waals surface area contributed by atoms with E-state index in [0.717, 1.165) is 57.8 Å². The highest BCUT2D eigenvalue weighted by atomic mass is 16.8. The van der Waals surface area contributed by atoms with E-state index in [1.54, 1.807) is 6.08 Å². The number of ether oxygens (including phenoxy) is 6. The van der Waals surface area contributed by atoms with Crippen molar-refractivity contribution in [2.45, 2.75) is 253 Å². The van der Waals surface area contributed by atoms with E-state index in [1.807, 2.05) is 6.08 Å². The lowest BCUT2D eigenvalue weighted by atomic mass is 9.96. The third-order valence-corrected chi connectivity index (χ3v) is 13.2. The fourth-order valence-electron chi connectivity index (χ4n) is 8.73. The first-order valence-electron chi connectivity index (χ1n) is 26.2. The van der Waals surface area contributed by atoms with Gasteiger partial charge in [0.05, 0.1) is 38.6 Å². The van der Waals surface area contributed by atoms with Crippen molar-refractivity contribution in [1.82, 2.24) is 5.32 Å². The number of aliphatic hydroxyl groups excluding tert-OH is 11. The normalized spacial score (nSPS) is 32.8. The smallest absolute Gasteiger partial charge is 0.220 e. The number of allylic oxidation sites excluding steroid dienone is 5. The molecule has 3 fully saturated rings. The second-order valence-corrected chi connectivity index (χ2v) is 19.0. The summed E-state index contributed by atoms with van der Waals surface area (Å²) in [5.74, 6) is -0.299. The molecule has 0 aromatic carbocycles. The van der Waals surface area contributed by atoms with Crippen LogP contribution in [-0.4, -0.2) is 193 Å². The van der Waals surface area contributed by atoms with Gasteiger partial charge in [-0.05, 0) is 57.8 Å². The molecule has 19 nitrogen and oxygen atoms in total. The minimum absolute atomic E-state index is 0.225. The Hall–Kier alpha value is -1.99. The number of carbonyl (C=O) groups excluding carboxylic acids is 1. The molecule has 0 spiro atoms. The SMILES string of the molecule is CCCCCC/C=C/CC/C=C/C(O)C(COC1OC(CO)C(OC2OC(CO)C(OC3OC(CO)C(O)C(O)C3O)C(O)C2O)C(O)C1O)NC(=O)CCCCCCC/C=C\CCCCCCCC. The monoisotopic (exact) mass is 1010 g/mol. The van der Waals surface area contributed by atoms with E-state index in [2.05, 4.69) is 43.5 Å². The lowest BCUT2D eigenvalue weighted by Gasteiger charge is -2.48. The summed E-state index contributed by atoms with van der Waals surface area (Å²) in [6.45, 7) is 1.61. The first-order valence-corrected chi connectivity index (χ1v) is 26.2. The van der Waals surface area contributed by atoms with Crippen LogP contribution in [0.25, 0.3) is 0 Å². The van der Waals surface area contributed by atoms with Crippen LogP contribution in [0.4, 0.5) is 0 Å². The number of amides is 1. The lowest BCUT2D eigenvalue weighted by Crippen LogP contribution is -2.66. The van der Waals surface area contributed by atoms with Crippen molar-refractivity contribution in [3.05, 3.63) is 36.5 Å². The molecular formula is C51H91NO18. The molecule has 17 atom stereocenters. The first-order chi connectivity index (χ1) is 33.8. The molecule has 3 aliphatic rings. The predicted molar refractivity (Wildman–Crippen MR) is 259 cm³/mol. The van der Waals surface area contributed by atoms with Gasteiger partial charge in [-0.15, -0.1) is 0 Å². The molecule has 3 heterocycles. The molecule has 17 unspecified atom stereocenters. The molecule has 0 radical (unpaired) electrons. The van der Waals surface area contributed by atoms with E-state index in [1.165, 1.54) is 57.8 Å². The largest absolute Gasteiger partial charge is 0.394 e. The number of nitrogens with one attached hydrogen (secondary N) is 1. The second-order valence-electron chi connectivity index (χ2n) is 19.0. The Bertz CT molecular complexity index is 1440. The third-order valence-electron chi connectivity index (χ3n) is 13.2. The number of aliphatic hydroxyl groups is 11. The summed E-state index contributed by atoms with van der Waals surface area (Å²) in [6.07, 6.45) is 7.31. The Morgan fingerprint density at radius 2 is 0.914 bits per heavy atom. The summed E-state index contributed by atoms with van der Waals surface area (Å²) < 4.78 is 34.1. The molecule has 0 aromatic heterocycles. The molecule has 12 N–H and O–H groups in total. The van der Waals surface area contributed by atoms with E-state index < -0.39 is 124 Å². The van der Waals surface area contributed by atoms with Crippen molar-refractivity contribution in [3.8, 4) is 0 Å². The van der Waals surface area contributed by atoms with Gasteiger partial charge in [-0.1, -0.05) is 121 Å². The van der Waals surface area contributed by atoms with E-state index in [-0.39, 0.29) is 18.9 Å². The molecule has 3 saturated heterocycles. The van der Waals surface area contributed by atoms with Crippen molar-refractivity contribution < 1.29 is 89.4 Å². The maximum atomic E-state index is 13.2. The maximum Gasteiger partial charge on any atom is 0.220 e. The molecule has 0 aliphatic carbocycles. The molecule has 408 valence electrons. The molecule has 70 heavy (non-hydrogen) atoms. The molecule has 3 aliphatic heterocycles. The van der Waals surface area contributed by atoms with Crippen LogP contribution in [-0.2, 0) is 33.2 Å². The highest BCUT2D eigenvalue weighted by Crippen LogP contribution is 2.33. The van der Waals surface area contributed by atoms with Gasteiger partial charge in [0.2, 0.25) is 5.91 Å². The quantitative estimate of drug-likeness (QED) is 0.0316. The fourth-order valence-corrected chi connectivity index (χ4v) is 8.73. The molecule has 1 amide bonds. The maximum absolute atomic E-state index is 13.2. The molecule has 0 saturated carbocycles. The molecule has 3 rings (SSSR count). The van der Waals surface area contributed by atoms with E-state index in [4.69, 9.17) is 28.4 Å². The Morgan fingerprint density at radius 3 is 1.44 bits per heavy atom. The zero-order valence-corrected chi connectivity index (χ0v) is 41.7. The lowest BCUT2D eigenvalue weighted by molar-refractivity contribution is -0.379. The van der Waals surface area contributed by atoms with Crippen LogP contribution in [0.15, 0.2) is 36.5 Å². The Kier molecular flexibility index (Phi) is 32.1. The fraction of sp³-hybridized carbons (Fsp3) is 0.863. The highest BCUT2D eigenvalue weighted by molar-refractivity contribution is 5.76. The van der Waals surface area contributed by atoms with Crippen molar-refractivity contribution in [1.29, 1.82) is 0 Å². The summed E-state index contributed by atoms with van der Waals surface area (Å²) in [6, 6.07) is -0.990. The summed E-state index contributed by atoms with van der Waals surface area (Å²) >= 11 is 0. The van der Waals surface area contributed by atoms with Crippen LogP contribution in [0.2, 0.25) is 0 Å². The van der Waals surface area contributed by atoms with Crippen LogP contribution < -0.4 is 5.32 Å². The highest BCUT2D eigenvalue weighted by Gasteiger charge is 2.53. The van der Waals surface area contributed by atoms with Gasteiger partial charge >= 0.3 is 0 Å². The second kappa shape index (κ2) is 36.0. The van der Waals surface area contributed by atoms with Gasteiger partial charge in [-0.3, -0.25) is 4.79 Å². The van der Waals surface area contributed by atoms with Crippen LogP contribution in [0, 0.1) is 0 Å². The van der Waals surface area contributed by atoms with Gasteiger partial charge in [0.15, 0.2) is 18.9 Å². The molecule has 0 bridgehead atoms. The van der Waals surface area contributed by atoms with Crippen LogP contribution in [0.3, 0.4) is 0 Å². The summed E-state index contributed by atoms with van der Waals surface area (Å²) in [5.41, 5.74) is 0. The van der Waals surface area contributed by atoms with Crippen molar-refractivity contribution in [3.63, 3.8) is 0 Å². The minimum Gasteiger partial charge on any atom is -0.394 e. The Labute approximate surface area is 415 Å². The summed E-state index contributed by atoms with van der Waals surface area (Å²) in [4.78, 5) is 13.2. The van der Waals surface area contributed by atoms with Gasteiger partial charge in [0.25, 0.3) is 0 Å². The average Bonchev–Trinajstić information content (AvgIpc) is 3.35. The van der Waals surface area contributed by atoms with Gasteiger partial charge in [0.1, 0.15) is 73.2 Å². The van der Waals surface area contributed by atoms with E-state index >= 15 is 0 Å². The standard InChI is InChI=1S/C51H91NO18/c1-3-5-7-9-11-13-15-16-17-18-19-21-23-25-27-29-39(57)52-34(35(56)28-26-24-22-20-14-12-10-8-6-4-2)33-65-49-45(63)42(60)47(37(31-54)67-49)70-51-46(64)43(61)48(38(32-55)68-51)69-50-44(62)41(59)40(58)36(30-53)66-50/h14,16-17,20,26,28,34-38,40-51,53-56,58-64H,3-13,15,18-19,21-25,27,29-33H2,1-2H3,(H,52,57)/b17-16-,20-14+,28-26+. The average molecular weight is 1010 g/mol. The third kappa shape index (κ3) is 21.5. The number of hydrogen-bond donors (Lipinski definition) is 12. The topological polar surface area (TPSA) is 307 Å². The van der Waals surface area contributed by atoms with E-state index in [0.29, 0.717) is 12.8 Å². The first kappa shape index (κ1) is 62.3. The number of rotatable bonds is 36. The Morgan fingerprint density at radius 1 is 0.500 bits per heavy atom. The number of unbranched alkanes of at least 4 members (excludes halogenated alkanes) is 16. The predicted octanol–water partition coefficient (Wildman–Crippen LogP) is 2.20. The minimum atomic E-state index is -1.98. The number of hydrogen-bond acceptors (Lipinski definition) is 18. The van der Waals surface area contributed by atoms with Crippen molar-refractivity contribution >= 4 is 5.91 Å². The van der Waals surface area contributed by atoms with Gasteiger partial charge in [-0.2, -0.15) is 0 Å². The van der Waals surface area contributed by atoms with Crippen LogP contribution in [0.5, 0.6) is 0 Å².